The second-order valence-electron chi connectivity index (χ2n) is 3.95. The van der Waals surface area contributed by atoms with E-state index in [2.05, 4.69) is 5.32 Å². The number of morpholine rings is 1. The summed E-state index contributed by atoms with van der Waals surface area (Å²) in [6.45, 7) is 4.03. The molecule has 4 nitrogen and oxygen atoms in total. The molecule has 2 heterocycles. The summed E-state index contributed by atoms with van der Waals surface area (Å²) in [6, 6.07) is 0. The van der Waals surface area contributed by atoms with E-state index >= 15 is 0 Å². The molecule has 2 aliphatic rings. The Labute approximate surface area is 84.6 Å². The van der Waals surface area contributed by atoms with Gasteiger partial charge in [-0.2, -0.15) is 0 Å². The van der Waals surface area contributed by atoms with Crippen LogP contribution in [0, 0.1) is 0 Å². The molecule has 4 heteroatoms. The largest absolute Gasteiger partial charge is 0.366 e. The van der Waals surface area contributed by atoms with Crippen LogP contribution in [0.15, 0.2) is 0 Å². The van der Waals surface area contributed by atoms with Gasteiger partial charge in [0.2, 0.25) is 0 Å². The van der Waals surface area contributed by atoms with Crippen molar-refractivity contribution in [3.8, 4) is 0 Å². The minimum absolute atomic E-state index is 0.178. The zero-order valence-electron chi connectivity index (χ0n) is 8.50. The fraction of sp³-hybridized carbons (Fsp3) is 0.900. The average molecular weight is 198 g/mol. The van der Waals surface area contributed by atoms with Crippen molar-refractivity contribution in [2.75, 3.05) is 32.8 Å². The molecule has 1 N–H and O–H groups in total. The molecule has 2 rings (SSSR count). The Kier molecular flexibility index (Phi) is 3.37. The van der Waals surface area contributed by atoms with Gasteiger partial charge >= 0.3 is 0 Å². The Bertz CT molecular complexity index is 176. The quantitative estimate of drug-likeness (QED) is 0.644. The third-order valence-corrected chi connectivity index (χ3v) is 2.87. The first-order valence-corrected chi connectivity index (χ1v) is 5.49. The summed E-state index contributed by atoms with van der Waals surface area (Å²) in [5.41, 5.74) is 0. The number of piperidine rings is 1. The molecule has 0 radical (unpaired) electrons. The first-order chi connectivity index (χ1) is 6.88. The standard InChI is InChI=1S/C10H18N2O2/c13-10(9-8-11-4-7-14-9)12-5-2-1-3-6-12/h9,11H,1-8H2/t9-/m1/s1. The van der Waals surface area contributed by atoms with Crippen molar-refractivity contribution in [3.05, 3.63) is 0 Å². The van der Waals surface area contributed by atoms with Gasteiger partial charge in [0.15, 0.2) is 0 Å². The van der Waals surface area contributed by atoms with Crippen LogP contribution in [0.25, 0.3) is 0 Å². The van der Waals surface area contributed by atoms with Gasteiger partial charge in [-0.15, -0.1) is 0 Å². The van der Waals surface area contributed by atoms with Gasteiger partial charge in [0.25, 0.3) is 5.91 Å². The molecule has 0 aromatic carbocycles. The number of rotatable bonds is 1. The highest BCUT2D eigenvalue weighted by Crippen LogP contribution is 2.11. The number of amides is 1. The lowest BCUT2D eigenvalue weighted by atomic mass is 10.1. The van der Waals surface area contributed by atoms with Crippen LogP contribution in [0.4, 0.5) is 0 Å². The number of hydrogen-bond donors (Lipinski definition) is 1. The van der Waals surface area contributed by atoms with E-state index in [0.717, 1.165) is 32.5 Å². The maximum atomic E-state index is 11.9. The van der Waals surface area contributed by atoms with E-state index in [4.69, 9.17) is 4.74 Å². The maximum Gasteiger partial charge on any atom is 0.253 e. The fourth-order valence-electron chi connectivity index (χ4n) is 2.04. The van der Waals surface area contributed by atoms with Gasteiger partial charge in [-0.25, -0.2) is 0 Å². The summed E-state index contributed by atoms with van der Waals surface area (Å²) < 4.78 is 5.44. The number of nitrogens with one attached hydrogen (secondary N) is 1. The van der Waals surface area contributed by atoms with Gasteiger partial charge in [-0.3, -0.25) is 4.79 Å². The molecule has 80 valence electrons. The van der Waals surface area contributed by atoms with Gasteiger partial charge in [-0.05, 0) is 19.3 Å². The van der Waals surface area contributed by atoms with Crippen LogP contribution in [0.2, 0.25) is 0 Å². The molecule has 2 saturated heterocycles. The van der Waals surface area contributed by atoms with E-state index < -0.39 is 0 Å². The first-order valence-electron chi connectivity index (χ1n) is 5.49. The number of likely N-dealkylation sites (tertiary alicyclic amines) is 1. The highest BCUT2D eigenvalue weighted by Gasteiger charge is 2.27. The number of carbonyl (C=O) groups excluding carboxylic acids is 1. The van der Waals surface area contributed by atoms with Crippen molar-refractivity contribution in [2.45, 2.75) is 25.4 Å². The van der Waals surface area contributed by atoms with Crippen molar-refractivity contribution in [3.63, 3.8) is 0 Å². The molecule has 0 aromatic heterocycles. The predicted molar refractivity (Wildman–Crippen MR) is 53.0 cm³/mol. The molecule has 2 aliphatic heterocycles. The van der Waals surface area contributed by atoms with E-state index in [0.29, 0.717) is 13.2 Å². The Morgan fingerprint density at radius 3 is 2.71 bits per heavy atom. The SMILES string of the molecule is O=C([C@H]1CNCCO1)N1CCCCC1. The lowest BCUT2D eigenvalue weighted by molar-refractivity contribution is -0.146. The fourth-order valence-corrected chi connectivity index (χ4v) is 2.04. The normalized spacial score (nSPS) is 28.9. The molecule has 0 bridgehead atoms. The number of carbonyl (C=O) groups is 1. The maximum absolute atomic E-state index is 11.9. The molecule has 0 saturated carbocycles. The van der Waals surface area contributed by atoms with E-state index in [-0.39, 0.29) is 12.0 Å². The number of hydrogen-bond acceptors (Lipinski definition) is 3. The van der Waals surface area contributed by atoms with Gasteiger partial charge in [-0.1, -0.05) is 0 Å². The van der Waals surface area contributed by atoms with Crippen LogP contribution in [-0.4, -0.2) is 49.7 Å². The van der Waals surface area contributed by atoms with Crippen LogP contribution in [0.5, 0.6) is 0 Å². The van der Waals surface area contributed by atoms with Crippen LogP contribution >= 0.6 is 0 Å². The Hall–Kier alpha value is -0.610. The minimum Gasteiger partial charge on any atom is -0.366 e. The summed E-state index contributed by atoms with van der Waals surface area (Å²) in [6.07, 6.45) is 3.31. The second kappa shape index (κ2) is 4.75. The smallest absolute Gasteiger partial charge is 0.253 e. The second-order valence-corrected chi connectivity index (χ2v) is 3.95. The van der Waals surface area contributed by atoms with E-state index in [1.165, 1.54) is 6.42 Å². The zero-order valence-corrected chi connectivity index (χ0v) is 8.50. The van der Waals surface area contributed by atoms with Crippen LogP contribution in [-0.2, 0) is 9.53 Å². The van der Waals surface area contributed by atoms with Crippen molar-refractivity contribution >= 4 is 5.91 Å². The molecule has 0 unspecified atom stereocenters. The summed E-state index contributed by atoms with van der Waals surface area (Å²) in [5.74, 6) is 0.178. The minimum atomic E-state index is -0.234. The monoisotopic (exact) mass is 198 g/mol. The van der Waals surface area contributed by atoms with Crippen molar-refractivity contribution in [2.24, 2.45) is 0 Å². The lowest BCUT2D eigenvalue weighted by Gasteiger charge is -2.32. The van der Waals surface area contributed by atoms with Gasteiger partial charge in [0, 0.05) is 26.2 Å². The van der Waals surface area contributed by atoms with Gasteiger partial charge in [0.05, 0.1) is 6.61 Å². The van der Waals surface area contributed by atoms with E-state index in [1.807, 2.05) is 4.90 Å². The third-order valence-electron chi connectivity index (χ3n) is 2.87. The van der Waals surface area contributed by atoms with Gasteiger partial charge < -0.3 is 15.0 Å². The molecular weight excluding hydrogens is 180 g/mol. The molecule has 0 aliphatic carbocycles. The highest BCUT2D eigenvalue weighted by atomic mass is 16.5. The summed E-state index contributed by atoms with van der Waals surface area (Å²) in [5, 5.41) is 3.18. The van der Waals surface area contributed by atoms with Crippen LogP contribution in [0.1, 0.15) is 19.3 Å². The van der Waals surface area contributed by atoms with Crippen LogP contribution in [0.3, 0.4) is 0 Å². The summed E-state index contributed by atoms with van der Waals surface area (Å²) >= 11 is 0. The van der Waals surface area contributed by atoms with Crippen molar-refractivity contribution in [1.29, 1.82) is 0 Å². The molecule has 0 aromatic rings. The Balaban J connectivity index is 1.85. The topological polar surface area (TPSA) is 41.6 Å². The Morgan fingerprint density at radius 2 is 2.07 bits per heavy atom. The molecule has 1 atom stereocenters. The third kappa shape index (κ3) is 2.25. The molecular formula is C10H18N2O2. The number of nitrogens with zero attached hydrogens (tertiary/aromatic N) is 1. The zero-order chi connectivity index (χ0) is 9.80. The molecule has 0 spiro atoms. The molecule has 2 fully saturated rings. The first kappa shape index (κ1) is 9.93. The highest BCUT2D eigenvalue weighted by molar-refractivity contribution is 5.81. The van der Waals surface area contributed by atoms with Crippen LogP contribution < -0.4 is 5.32 Å². The average Bonchev–Trinajstić information content (AvgIpc) is 2.30. The number of ether oxygens (including phenoxy) is 1. The van der Waals surface area contributed by atoms with Crippen molar-refractivity contribution in [1.82, 2.24) is 10.2 Å². The summed E-state index contributed by atoms with van der Waals surface area (Å²) in [7, 11) is 0. The van der Waals surface area contributed by atoms with E-state index in [9.17, 15) is 4.79 Å². The molecule has 14 heavy (non-hydrogen) atoms. The van der Waals surface area contributed by atoms with Crippen molar-refractivity contribution < 1.29 is 9.53 Å². The van der Waals surface area contributed by atoms with E-state index in [1.54, 1.807) is 0 Å². The lowest BCUT2D eigenvalue weighted by Crippen LogP contribution is -2.50. The predicted octanol–water partition coefficient (Wildman–Crippen LogP) is -0.0127. The Morgan fingerprint density at radius 1 is 1.29 bits per heavy atom. The summed E-state index contributed by atoms with van der Waals surface area (Å²) in [4.78, 5) is 13.9. The molecule has 1 amide bonds. The van der Waals surface area contributed by atoms with Gasteiger partial charge in [0.1, 0.15) is 6.10 Å².